The number of anilines is 1. The first kappa shape index (κ1) is 20.9. The molecule has 0 spiro atoms. The lowest BCUT2D eigenvalue weighted by Gasteiger charge is -2.28. The van der Waals surface area contributed by atoms with Gasteiger partial charge in [0.1, 0.15) is 28.7 Å². The fourth-order valence-electron chi connectivity index (χ4n) is 5.28. The van der Waals surface area contributed by atoms with Crippen molar-refractivity contribution in [3.63, 3.8) is 0 Å². The number of carbonyl (C=O) groups is 1. The number of nitrogens with two attached hydrogens (primary N) is 1. The number of benzene rings is 1. The van der Waals surface area contributed by atoms with Crippen LogP contribution < -0.4 is 16.1 Å². The average Bonchev–Trinajstić information content (AvgIpc) is 3.43. The van der Waals surface area contributed by atoms with Crippen LogP contribution in [-0.2, 0) is 9.47 Å². The fraction of sp³-hybridized carbons (Fsp3) is 0.522. The van der Waals surface area contributed by atoms with Crippen LogP contribution in [0.25, 0.3) is 10.9 Å². The lowest BCUT2D eigenvalue weighted by molar-refractivity contribution is 0.0126. The second-order valence-corrected chi connectivity index (χ2v) is 8.79. The number of pyridine rings is 1. The Morgan fingerprint density at radius 3 is 2.81 bits per heavy atom. The number of nitrogens with zero attached hydrogens (tertiary/aromatic N) is 3. The van der Waals surface area contributed by atoms with E-state index in [0.717, 1.165) is 19.3 Å². The lowest BCUT2D eigenvalue weighted by Crippen LogP contribution is -2.44. The number of hydrogen-bond acceptors (Lipinski definition) is 7. The summed E-state index contributed by atoms with van der Waals surface area (Å²) >= 11 is 0. The molecule has 3 fully saturated rings. The summed E-state index contributed by atoms with van der Waals surface area (Å²) in [5, 5.41) is 10.2. The molecule has 32 heavy (non-hydrogen) atoms. The molecule has 1 aromatic carbocycles. The molecule has 0 bridgehead atoms. The molecule has 0 amide bonds. The number of fused-ring (bicyclic) bond motifs is 2. The molecule has 2 unspecified atom stereocenters. The van der Waals surface area contributed by atoms with Crippen LogP contribution in [0.3, 0.4) is 0 Å². The summed E-state index contributed by atoms with van der Waals surface area (Å²) in [7, 11) is 0. The molecular formula is C23H25FN4O4. The van der Waals surface area contributed by atoms with Crippen molar-refractivity contribution in [1.82, 2.24) is 4.57 Å². The highest BCUT2D eigenvalue weighted by Crippen LogP contribution is 2.44. The first-order valence-electron chi connectivity index (χ1n) is 11.0. The Morgan fingerprint density at radius 1 is 1.41 bits per heavy atom. The zero-order valence-corrected chi connectivity index (χ0v) is 17.9. The van der Waals surface area contributed by atoms with Crippen LogP contribution in [0.1, 0.15) is 48.3 Å². The van der Waals surface area contributed by atoms with E-state index in [-0.39, 0.29) is 40.9 Å². The van der Waals surface area contributed by atoms with Crippen molar-refractivity contribution in [2.45, 2.75) is 37.8 Å². The maximum Gasteiger partial charge on any atom is 0.355 e. The van der Waals surface area contributed by atoms with Crippen molar-refractivity contribution in [3.05, 3.63) is 39.4 Å². The molecule has 2 saturated heterocycles. The topological polar surface area (TPSA) is 111 Å². The second kappa shape index (κ2) is 7.57. The van der Waals surface area contributed by atoms with Crippen molar-refractivity contribution < 1.29 is 18.7 Å². The maximum atomic E-state index is 15.4. The minimum Gasteiger partial charge on any atom is -0.461 e. The molecule has 168 valence electrons. The van der Waals surface area contributed by atoms with E-state index in [9.17, 15) is 14.9 Å². The summed E-state index contributed by atoms with van der Waals surface area (Å²) in [6.45, 7) is 3.66. The van der Waals surface area contributed by atoms with Crippen LogP contribution in [-0.4, -0.2) is 49.0 Å². The summed E-state index contributed by atoms with van der Waals surface area (Å²) in [6.07, 6.45) is 2.43. The van der Waals surface area contributed by atoms with Gasteiger partial charge in [0.25, 0.3) is 0 Å². The Labute approximate surface area is 184 Å². The molecule has 8 nitrogen and oxygen atoms in total. The predicted octanol–water partition coefficient (Wildman–Crippen LogP) is 2.08. The molecule has 3 aliphatic rings. The van der Waals surface area contributed by atoms with E-state index in [1.54, 1.807) is 11.5 Å². The number of ether oxygens (including phenoxy) is 2. The third kappa shape index (κ3) is 3.01. The Kier molecular flexibility index (Phi) is 4.95. The predicted molar refractivity (Wildman–Crippen MR) is 115 cm³/mol. The molecule has 3 heterocycles. The quantitative estimate of drug-likeness (QED) is 0.709. The van der Waals surface area contributed by atoms with Gasteiger partial charge in [0, 0.05) is 44.3 Å². The monoisotopic (exact) mass is 440 g/mol. The minimum atomic E-state index is -0.635. The van der Waals surface area contributed by atoms with Gasteiger partial charge in [0.2, 0.25) is 0 Å². The van der Waals surface area contributed by atoms with Gasteiger partial charge in [0.15, 0.2) is 5.43 Å². The van der Waals surface area contributed by atoms with Gasteiger partial charge in [-0.25, -0.2) is 9.18 Å². The molecular weight excluding hydrogens is 415 g/mol. The van der Waals surface area contributed by atoms with Gasteiger partial charge in [-0.15, -0.1) is 0 Å². The molecule has 0 radical (unpaired) electrons. The van der Waals surface area contributed by atoms with Gasteiger partial charge < -0.3 is 24.7 Å². The molecule has 2 N–H and O–H groups in total. The highest BCUT2D eigenvalue weighted by molar-refractivity contribution is 5.96. The van der Waals surface area contributed by atoms with E-state index in [1.165, 1.54) is 12.1 Å². The van der Waals surface area contributed by atoms with Gasteiger partial charge in [-0.1, -0.05) is 0 Å². The van der Waals surface area contributed by atoms with E-state index in [1.807, 2.05) is 4.90 Å². The number of rotatable bonds is 5. The first-order valence-corrected chi connectivity index (χ1v) is 11.0. The van der Waals surface area contributed by atoms with E-state index >= 15 is 4.39 Å². The highest BCUT2D eigenvalue weighted by Gasteiger charge is 2.51. The summed E-state index contributed by atoms with van der Waals surface area (Å²) in [5.74, 6) is -1.12. The van der Waals surface area contributed by atoms with Crippen LogP contribution in [0.5, 0.6) is 0 Å². The van der Waals surface area contributed by atoms with E-state index < -0.39 is 22.8 Å². The molecule has 9 heteroatoms. The third-order valence-corrected chi connectivity index (χ3v) is 6.93. The van der Waals surface area contributed by atoms with Crippen molar-refractivity contribution in [1.29, 1.82) is 5.26 Å². The molecule has 1 saturated carbocycles. The molecule has 2 aliphatic heterocycles. The summed E-state index contributed by atoms with van der Waals surface area (Å²) < 4.78 is 28.2. The van der Waals surface area contributed by atoms with Gasteiger partial charge >= 0.3 is 5.97 Å². The largest absolute Gasteiger partial charge is 0.461 e. The van der Waals surface area contributed by atoms with Gasteiger partial charge in [-0.2, -0.15) is 5.26 Å². The van der Waals surface area contributed by atoms with Crippen LogP contribution in [0.15, 0.2) is 16.9 Å². The molecule has 5 rings (SSSR count). The smallest absolute Gasteiger partial charge is 0.355 e. The van der Waals surface area contributed by atoms with E-state index in [2.05, 4.69) is 6.07 Å². The van der Waals surface area contributed by atoms with E-state index in [4.69, 9.17) is 15.2 Å². The second-order valence-electron chi connectivity index (χ2n) is 8.79. The number of halogens is 1. The van der Waals surface area contributed by atoms with Gasteiger partial charge in [-0.05, 0) is 32.3 Å². The minimum absolute atomic E-state index is 0.0420. The lowest BCUT2D eigenvalue weighted by atomic mass is 9.91. The fourth-order valence-corrected chi connectivity index (χ4v) is 5.28. The number of esters is 1. The van der Waals surface area contributed by atoms with Crippen LogP contribution in [0.2, 0.25) is 0 Å². The number of hydrogen-bond donors (Lipinski definition) is 1. The summed E-state index contributed by atoms with van der Waals surface area (Å²) in [4.78, 5) is 27.3. The van der Waals surface area contributed by atoms with Crippen molar-refractivity contribution in [2.24, 2.45) is 11.7 Å². The van der Waals surface area contributed by atoms with Crippen molar-refractivity contribution in [2.75, 3.05) is 37.7 Å². The van der Waals surface area contributed by atoms with Crippen LogP contribution >= 0.6 is 0 Å². The Bertz CT molecular complexity index is 1220. The number of aromatic nitrogens is 1. The highest BCUT2D eigenvalue weighted by atomic mass is 19.1. The molecule has 1 aromatic heterocycles. The van der Waals surface area contributed by atoms with Crippen molar-refractivity contribution in [3.8, 4) is 6.07 Å². The zero-order valence-electron chi connectivity index (χ0n) is 17.9. The SMILES string of the molecule is CCOC(=O)c1cc(=O)c2cc(F)c(N3CC4CCOC4(CN)C3)c(C#N)c2n1C1CC1. The molecule has 2 atom stereocenters. The number of nitriles is 1. The normalized spacial score (nSPS) is 24.6. The third-order valence-electron chi connectivity index (χ3n) is 6.93. The van der Waals surface area contributed by atoms with Crippen LogP contribution in [0.4, 0.5) is 10.1 Å². The summed E-state index contributed by atoms with van der Waals surface area (Å²) in [5.41, 5.74) is 5.53. The Balaban J connectivity index is 1.75. The summed E-state index contributed by atoms with van der Waals surface area (Å²) in [6, 6.07) is 4.47. The average molecular weight is 440 g/mol. The van der Waals surface area contributed by atoms with Crippen molar-refractivity contribution >= 4 is 22.6 Å². The molecule has 2 aromatic rings. The van der Waals surface area contributed by atoms with Gasteiger partial charge in [0.05, 0.1) is 23.2 Å². The standard InChI is InChI=1S/C23H25FN4O4/c1-2-31-22(30)18-8-19(29)15-7-17(24)21(16(9-25)20(15)28(18)14-3-4-14)27-10-13-5-6-32-23(13,11-26)12-27/h7-8,13-14H,2-6,10-12,26H2,1H3. The van der Waals surface area contributed by atoms with Gasteiger partial charge in [-0.3, -0.25) is 4.79 Å². The Morgan fingerprint density at radius 2 is 2.19 bits per heavy atom. The first-order chi connectivity index (χ1) is 15.4. The van der Waals surface area contributed by atoms with Crippen LogP contribution in [0, 0.1) is 23.1 Å². The molecule has 1 aliphatic carbocycles. The number of carbonyl (C=O) groups excluding carboxylic acids is 1. The van der Waals surface area contributed by atoms with E-state index in [0.29, 0.717) is 31.8 Å². The maximum absolute atomic E-state index is 15.4. The Hall–Kier alpha value is -2.96. The zero-order chi connectivity index (χ0) is 22.6.